The second kappa shape index (κ2) is 9.64. The van der Waals surface area contributed by atoms with Gasteiger partial charge < -0.3 is 9.64 Å². The number of hydrogen-bond acceptors (Lipinski definition) is 3. The molecule has 0 unspecified atom stereocenters. The average molecular weight is 229 g/mol. The Bertz CT molecular complexity index is 179. The number of esters is 1. The third-order valence-electron chi connectivity index (χ3n) is 3.20. The van der Waals surface area contributed by atoms with Crippen molar-refractivity contribution in [3.63, 3.8) is 0 Å². The molecular formula is C13H27NO2. The summed E-state index contributed by atoms with van der Waals surface area (Å²) in [6.07, 6.45) is 3.92. The Morgan fingerprint density at radius 3 is 2.31 bits per heavy atom. The van der Waals surface area contributed by atoms with Crippen LogP contribution in [0.2, 0.25) is 0 Å². The summed E-state index contributed by atoms with van der Waals surface area (Å²) in [5.74, 6) is 0.691. The van der Waals surface area contributed by atoms with Crippen LogP contribution in [-0.4, -0.2) is 37.6 Å². The molecule has 0 aliphatic carbocycles. The van der Waals surface area contributed by atoms with Gasteiger partial charge in [-0.2, -0.15) is 0 Å². The molecule has 0 radical (unpaired) electrons. The lowest BCUT2D eigenvalue weighted by Gasteiger charge is -2.24. The van der Waals surface area contributed by atoms with E-state index in [-0.39, 0.29) is 5.97 Å². The first-order chi connectivity index (χ1) is 7.67. The number of nitrogens with zero attached hydrogens (tertiary/aromatic N) is 1. The van der Waals surface area contributed by atoms with E-state index in [1.165, 1.54) is 20.0 Å². The lowest BCUT2D eigenvalue weighted by atomic mass is 10.0. The Morgan fingerprint density at radius 1 is 1.25 bits per heavy atom. The number of ether oxygens (including phenoxy) is 1. The topological polar surface area (TPSA) is 29.5 Å². The smallest absolute Gasteiger partial charge is 0.305 e. The van der Waals surface area contributed by atoms with Gasteiger partial charge in [0.25, 0.3) is 0 Å². The molecule has 16 heavy (non-hydrogen) atoms. The Hall–Kier alpha value is -0.570. The number of hydrogen-bond donors (Lipinski definition) is 0. The standard InChI is InChI=1S/C13H27NO2/c1-5-12(6-2)11-14(7-3)10-8-9-13(15)16-4/h12H,5-11H2,1-4H3. The second-order valence-electron chi connectivity index (χ2n) is 4.26. The Kier molecular flexibility index (Phi) is 9.30. The maximum Gasteiger partial charge on any atom is 0.305 e. The number of carbonyl (C=O) groups excluding carboxylic acids is 1. The summed E-state index contributed by atoms with van der Waals surface area (Å²) in [7, 11) is 1.45. The van der Waals surface area contributed by atoms with Gasteiger partial charge in [-0.05, 0) is 25.4 Å². The minimum Gasteiger partial charge on any atom is -0.469 e. The highest BCUT2D eigenvalue weighted by atomic mass is 16.5. The molecule has 0 bridgehead atoms. The molecule has 0 aromatic heterocycles. The molecule has 0 aromatic carbocycles. The summed E-state index contributed by atoms with van der Waals surface area (Å²) in [5, 5.41) is 0. The largest absolute Gasteiger partial charge is 0.469 e. The molecule has 3 nitrogen and oxygen atoms in total. The zero-order valence-corrected chi connectivity index (χ0v) is 11.3. The fraction of sp³-hybridized carbons (Fsp3) is 0.923. The van der Waals surface area contributed by atoms with E-state index in [1.54, 1.807) is 0 Å². The maximum absolute atomic E-state index is 11.0. The lowest BCUT2D eigenvalue weighted by Crippen LogP contribution is -2.30. The van der Waals surface area contributed by atoms with E-state index < -0.39 is 0 Å². The molecule has 0 amide bonds. The van der Waals surface area contributed by atoms with Gasteiger partial charge in [0, 0.05) is 13.0 Å². The first kappa shape index (κ1) is 15.4. The first-order valence-corrected chi connectivity index (χ1v) is 6.46. The zero-order chi connectivity index (χ0) is 12.4. The van der Waals surface area contributed by atoms with Crippen LogP contribution in [-0.2, 0) is 9.53 Å². The molecule has 0 spiro atoms. The van der Waals surface area contributed by atoms with Gasteiger partial charge in [-0.15, -0.1) is 0 Å². The second-order valence-corrected chi connectivity index (χ2v) is 4.26. The van der Waals surface area contributed by atoms with Crippen molar-refractivity contribution in [2.24, 2.45) is 5.92 Å². The summed E-state index contributed by atoms with van der Waals surface area (Å²) in [5.41, 5.74) is 0. The molecule has 0 aliphatic rings. The summed E-state index contributed by atoms with van der Waals surface area (Å²) in [6.45, 7) is 9.90. The van der Waals surface area contributed by atoms with Gasteiger partial charge in [0.1, 0.15) is 0 Å². The SMILES string of the molecule is CCC(CC)CN(CC)CCCC(=O)OC. The van der Waals surface area contributed by atoms with Crippen molar-refractivity contribution in [1.82, 2.24) is 4.90 Å². The quantitative estimate of drug-likeness (QED) is 0.569. The summed E-state index contributed by atoms with van der Waals surface area (Å²) < 4.78 is 4.63. The van der Waals surface area contributed by atoms with Crippen molar-refractivity contribution in [3.05, 3.63) is 0 Å². The molecule has 0 aromatic rings. The van der Waals surface area contributed by atoms with Crippen molar-refractivity contribution >= 4 is 5.97 Å². The van der Waals surface area contributed by atoms with Gasteiger partial charge in [0.05, 0.1) is 7.11 Å². The van der Waals surface area contributed by atoms with Crippen molar-refractivity contribution in [2.75, 3.05) is 26.7 Å². The minimum atomic E-state index is -0.0985. The van der Waals surface area contributed by atoms with Crippen LogP contribution in [0.25, 0.3) is 0 Å². The highest BCUT2D eigenvalue weighted by Gasteiger charge is 2.10. The van der Waals surface area contributed by atoms with Crippen molar-refractivity contribution in [1.29, 1.82) is 0 Å². The van der Waals surface area contributed by atoms with E-state index in [9.17, 15) is 4.79 Å². The fourth-order valence-corrected chi connectivity index (χ4v) is 1.84. The van der Waals surface area contributed by atoms with Gasteiger partial charge in [0.2, 0.25) is 0 Å². The van der Waals surface area contributed by atoms with Crippen LogP contribution in [0.3, 0.4) is 0 Å². The molecule has 0 atom stereocenters. The van der Waals surface area contributed by atoms with Crippen molar-refractivity contribution in [3.8, 4) is 0 Å². The van der Waals surface area contributed by atoms with Gasteiger partial charge in [-0.25, -0.2) is 0 Å². The van der Waals surface area contributed by atoms with Crippen LogP contribution in [0.1, 0.15) is 46.5 Å². The summed E-state index contributed by atoms with van der Waals surface area (Å²) >= 11 is 0. The maximum atomic E-state index is 11.0. The monoisotopic (exact) mass is 229 g/mol. The van der Waals surface area contributed by atoms with Gasteiger partial charge in [-0.3, -0.25) is 4.79 Å². The Morgan fingerprint density at radius 2 is 1.88 bits per heavy atom. The highest BCUT2D eigenvalue weighted by molar-refractivity contribution is 5.69. The van der Waals surface area contributed by atoms with E-state index in [0.29, 0.717) is 6.42 Å². The van der Waals surface area contributed by atoms with Crippen LogP contribution in [0, 0.1) is 5.92 Å². The molecule has 96 valence electrons. The molecule has 3 heteroatoms. The van der Waals surface area contributed by atoms with Crippen molar-refractivity contribution < 1.29 is 9.53 Å². The van der Waals surface area contributed by atoms with E-state index in [1.807, 2.05) is 0 Å². The molecular weight excluding hydrogens is 202 g/mol. The first-order valence-electron chi connectivity index (χ1n) is 6.46. The van der Waals surface area contributed by atoms with Gasteiger partial charge in [0.15, 0.2) is 0 Å². The molecule has 0 rings (SSSR count). The Labute approximate surface area is 100 Å². The third-order valence-corrected chi connectivity index (χ3v) is 3.20. The van der Waals surface area contributed by atoms with Crippen molar-refractivity contribution in [2.45, 2.75) is 46.5 Å². The Balaban J connectivity index is 3.78. The molecule has 0 N–H and O–H groups in total. The van der Waals surface area contributed by atoms with Gasteiger partial charge in [-0.1, -0.05) is 33.6 Å². The molecule has 0 fully saturated rings. The number of methoxy groups -OCH3 is 1. The van der Waals surface area contributed by atoms with E-state index in [2.05, 4.69) is 30.4 Å². The van der Waals surface area contributed by atoms with E-state index in [4.69, 9.17) is 0 Å². The zero-order valence-electron chi connectivity index (χ0n) is 11.3. The molecule has 0 heterocycles. The summed E-state index contributed by atoms with van der Waals surface area (Å²) in [6, 6.07) is 0. The van der Waals surface area contributed by atoms with Crippen LogP contribution < -0.4 is 0 Å². The average Bonchev–Trinajstić information content (AvgIpc) is 2.33. The highest BCUT2D eigenvalue weighted by Crippen LogP contribution is 2.10. The van der Waals surface area contributed by atoms with Crippen LogP contribution in [0.4, 0.5) is 0 Å². The molecule has 0 saturated heterocycles. The third kappa shape index (κ3) is 6.83. The number of rotatable bonds is 9. The molecule has 0 aliphatic heterocycles. The molecule has 0 saturated carbocycles. The normalized spacial score (nSPS) is 11.1. The minimum absolute atomic E-state index is 0.0985. The predicted molar refractivity (Wildman–Crippen MR) is 67.4 cm³/mol. The number of carbonyl (C=O) groups is 1. The van der Waals surface area contributed by atoms with Gasteiger partial charge >= 0.3 is 5.97 Å². The van der Waals surface area contributed by atoms with E-state index >= 15 is 0 Å². The predicted octanol–water partition coefficient (Wildman–Crippen LogP) is 2.70. The summed E-state index contributed by atoms with van der Waals surface area (Å²) in [4.78, 5) is 13.4. The lowest BCUT2D eigenvalue weighted by molar-refractivity contribution is -0.140. The van der Waals surface area contributed by atoms with E-state index in [0.717, 1.165) is 32.0 Å². The van der Waals surface area contributed by atoms with Crippen LogP contribution in [0.5, 0.6) is 0 Å². The fourth-order valence-electron chi connectivity index (χ4n) is 1.84. The van der Waals surface area contributed by atoms with Crippen LogP contribution in [0.15, 0.2) is 0 Å². The van der Waals surface area contributed by atoms with Crippen LogP contribution >= 0.6 is 0 Å².